The summed E-state index contributed by atoms with van der Waals surface area (Å²) in [5.74, 6) is -0.926. The van der Waals surface area contributed by atoms with Crippen LogP contribution in [0, 0.1) is 12.8 Å². The molecule has 0 fully saturated rings. The van der Waals surface area contributed by atoms with Crippen molar-refractivity contribution in [2.75, 3.05) is 26.0 Å². The van der Waals surface area contributed by atoms with E-state index in [1.54, 1.807) is 19.1 Å². The van der Waals surface area contributed by atoms with Crippen LogP contribution in [-0.4, -0.2) is 51.2 Å². The van der Waals surface area contributed by atoms with E-state index < -0.39 is 27.9 Å². The molecule has 148 valence electrons. The first-order valence-corrected chi connectivity index (χ1v) is 9.27. The minimum absolute atomic E-state index is 0. The number of hydrogen-bond acceptors (Lipinski definition) is 5. The molecule has 4 N–H and O–H groups in total. The van der Waals surface area contributed by atoms with Crippen LogP contribution in [0.4, 0.5) is 5.69 Å². The number of nitrogens with zero attached hydrogens (tertiary/aromatic N) is 1. The molecule has 1 atom stereocenters. The highest BCUT2D eigenvalue weighted by Gasteiger charge is 2.21. The molecule has 26 heavy (non-hydrogen) atoms. The highest BCUT2D eigenvalue weighted by atomic mass is 35.5. The summed E-state index contributed by atoms with van der Waals surface area (Å²) in [5, 5.41) is 5.02. The first-order chi connectivity index (χ1) is 11.5. The van der Waals surface area contributed by atoms with Crippen LogP contribution in [0.25, 0.3) is 0 Å². The Morgan fingerprint density at radius 1 is 1.23 bits per heavy atom. The van der Waals surface area contributed by atoms with Gasteiger partial charge in [-0.15, -0.1) is 12.4 Å². The Balaban J connectivity index is 0.00000625. The minimum Gasteiger partial charge on any atom is -0.346 e. The van der Waals surface area contributed by atoms with Gasteiger partial charge in [-0.3, -0.25) is 9.59 Å². The molecule has 0 radical (unpaired) electrons. The van der Waals surface area contributed by atoms with Crippen molar-refractivity contribution in [3.8, 4) is 0 Å². The molecule has 0 aliphatic carbocycles. The number of anilines is 1. The second-order valence-corrected chi connectivity index (χ2v) is 8.42. The van der Waals surface area contributed by atoms with E-state index in [9.17, 15) is 18.0 Å². The number of nitrogens with one attached hydrogen (secondary N) is 2. The highest BCUT2D eigenvalue weighted by molar-refractivity contribution is 7.89. The van der Waals surface area contributed by atoms with Crippen LogP contribution in [-0.2, 0) is 19.6 Å². The average molecular weight is 407 g/mol. The third-order valence-corrected chi connectivity index (χ3v) is 5.63. The molecule has 10 heteroatoms. The third-order valence-electron chi connectivity index (χ3n) is 3.67. The topological polar surface area (TPSA) is 122 Å². The number of nitrogens with two attached hydrogens (primary N) is 1. The third kappa shape index (κ3) is 6.24. The lowest BCUT2D eigenvalue weighted by molar-refractivity contribution is -0.125. The Kier molecular flexibility index (Phi) is 9.23. The number of halogens is 1. The van der Waals surface area contributed by atoms with Gasteiger partial charge in [0.15, 0.2) is 0 Å². The van der Waals surface area contributed by atoms with Gasteiger partial charge in [-0.25, -0.2) is 12.7 Å². The van der Waals surface area contributed by atoms with Crippen molar-refractivity contribution in [1.29, 1.82) is 0 Å². The maximum Gasteiger partial charge on any atom is 0.243 e. The van der Waals surface area contributed by atoms with Crippen LogP contribution in [0.15, 0.2) is 23.1 Å². The highest BCUT2D eigenvalue weighted by Crippen LogP contribution is 2.22. The molecule has 0 heterocycles. The van der Waals surface area contributed by atoms with Crippen molar-refractivity contribution >= 4 is 39.9 Å². The van der Waals surface area contributed by atoms with E-state index in [2.05, 4.69) is 10.6 Å². The second-order valence-electron chi connectivity index (χ2n) is 6.30. The van der Waals surface area contributed by atoms with E-state index in [0.29, 0.717) is 11.3 Å². The van der Waals surface area contributed by atoms with Crippen molar-refractivity contribution in [1.82, 2.24) is 9.62 Å². The van der Waals surface area contributed by atoms with Crippen LogP contribution in [0.2, 0.25) is 0 Å². The zero-order valence-corrected chi connectivity index (χ0v) is 17.2. The standard InChI is InChI=1S/C16H26N4O4S.ClH/c1-10(2)15(17)16(22)18-9-14(21)19-12-7-6-11(3)13(8-12)25(23,24)20(4)5;/h6-8,10,15H,9,17H2,1-5H3,(H,18,22)(H,19,21);1H/t15-;/m0./s1. The van der Waals surface area contributed by atoms with Gasteiger partial charge in [-0.2, -0.15) is 0 Å². The fourth-order valence-electron chi connectivity index (χ4n) is 1.95. The molecule has 1 aromatic rings. The number of carbonyl (C=O) groups is 2. The monoisotopic (exact) mass is 406 g/mol. The lowest BCUT2D eigenvalue weighted by Crippen LogP contribution is -2.46. The first kappa shape index (κ1) is 24.3. The zero-order chi connectivity index (χ0) is 19.4. The number of carbonyl (C=O) groups excluding carboxylic acids is 2. The Morgan fingerprint density at radius 3 is 2.31 bits per heavy atom. The quantitative estimate of drug-likeness (QED) is 0.615. The maximum atomic E-state index is 12.3. The molecule has 0 saturated heterocycles. The summed E-state index contributed by atoms with van der Waals surface area (Å²) < 4.78 is 25.7. The summed E-state index contributed by atoms with van der Waals surface area (Å²) in [7, 11) is -0.741. The number of sulfonamides is 1. The lowest BCUT2D eigenvalue weighted by Gasteiger charge is -2.16. The average Bonchev–Trinajstić information content (AvgIpc) is 2.53. The molecule has 2 amide bonds. The number of aryl methyl sites for hydroxylation is 1. The fraction of sp³-hybridized carbons (Fsp3) is 0.500. The predicted octanol–water partition coefficient (Wildman–Crippen LogP) is 0.705. The normalized spacial score (nSPS) is 12.5. The SMILES string of the molecule is Cc1ccc(NC(=O)CNC(=O)[C@@H](N)C(C)C)cc1S(=O)(=O)N(C)C.Cl. The molecule has 0 spiro atoms. The Bertz CT molecular complexity index is 751. The second kappa shape index (κ2) is 9.86. The van der Waals surface area contributed by atoms with E-state index in [1.807, 2.05) is 13.8 Å². The van der Waals surface area contributed by atoms with Crippen molar-refractivity contribution in [3.05, 3.63) is 23.8 Å². The molecular weight excluding hydrogens is 380 g/mol. The molecule has 1 aromatic carbocycles. The van der Waals surface area contributed by atoms with Gasteiger partial charge in [0.25, 0.3) is 0 Å². The number of amides is 2. The van der Waals surface area contributed by atoms with Gasteiger partial charge < -0.3 is 16.4 Å². The molecule has 0 aliphatic heterocycles. The molecule has 0 bridgehead atoms. The van der Waals surface area contributed by atoms with Crippen molar-refractivity contribution in [3.63, 3.8) is 0 Å². The first-order valence-electron chi connectivity index (χ1n) is 7.83. The van der Waals surface area contributed by atoms with E-state index in [-0.39, 0.29) is 29.8 Å². The van der Waals surface area contributed by atoms with Crippen LogP contribution < -0.4 is 16.4 Å². The van der Waals surface area contributed by atoms with Crippen molar-refractivity contribution in [2.45, 2.75) is 31.7 Å². The summed E-state index contributed by atoms with van der Waals surface area (Å²) in [6.45, 7) is 5.05. The maximum absolute atomic E-state index is 12.3. The summed E-state index contributed by atoms with van der Waals surface area (Å²) >= 11 is 0. The molecule has 0 unspecified atom stereocenters. The van der Waals surface area contributed by atoms with E-state index in [1.165, 1.54) is 20.2 Å². The van der Waals surface area contributed by atoms with Gasteiger partial charge in [0.2, 0.25) is 21.8 Å². The summed E-state index contributed by atoms with van der Waals surface area (Å²) in [6, 6.07) is 3.91. The fourth-order valence-corrected chi connectivity index (χ4v) is 3.09. The van der Waals surface area contributed by atoms with Crippen LogP contribution in [0.3, 0.4) is 0 Å². The lowest BCUT2D eigenvalue weighted by atomic mass is 10.1. The van der Waals surface area contributed by atoms with E-state index in [0.717, 1.165) is 4.31 Å². The minimum atomic E-state index is -3.62. The van der Waals surface area contributed by atoms with Gasteiger partial charge in [-0.1, -0.05) is 19.9 Å². The Morgan fingerprint density at radius 2 is 1.81 bits per heavy atom. The van der Waals surface area contributed by atoms with Crippen LogP contribution in [0.1, 0.15) is 19.4 Å². The molecule has 0 aliphatic rings. The Labute approximate surface area is 161 Å². The van der Waals surface area contributed by atoms with Gasteiger partial charge in [0.1, 0.15) is 0 Å². The van der Waals surface area contributed by atoms with Gasteiger partial charge in [0, 0.05) is 19.8 Å². The largest absolute Gasteiger partial charge is 0.346 e. The summed E-state index contributed by atoms with van der Waals surface area (Å²) in [4.78, 5) is 23.8. The van der Waals surface area contributed by atoms with Crippen molar-refractivity contribution in [2.24, 2.45) is 11.7 Å². The number of rotatable bonds is 7. The van der Waals surface area contributed by atoms with Crippen LogP contribution in [0.5, 0.6) is 0 Å². The molecule has 8 nitrogen and oxygen atoms in total. The van der Waals surface area contributed by atoms with Crippen LogP contribution >= 0.6 is 12.4 Å². The molecule has 0 saturated carbocycles. The Hall–Kier alpha value is -1.68. The summed E-state index contributed by atoms with van der Waals surface area (Å²) in [5.41, 5.74) is 6.60. The van der Waals surface area contributed by atoms with E-state index in [4.69, 9.17) is 5.73 Å². The predicted molar refractivity (Wildman–Crippen MR) is 104 cm³/mol. The smallest absolute Gasteiger partial charge is 0.243 e. The summed E-state index contributed by atoms with van der Waals surface area (Å²) in [6.07, 6.45) is 0. The molecular formula is C16H27ClN4O4S. The van der Waals surface area contributed by atoms with Gasteiger partial charge in [-0.05, 0) is 30.5 Å². The molecule has 1 rings (SSSR count). The van der Waals surface area contributed by atoms with Gasteiger partial charge >= 0.3 is 0 Å². The van der Waals surface area contributed by atoms with E-state index >= 15 is 0 Å². The number of hydrogen-bond donors (Lipinski definition) is 3. The zero-order valence-electron chi connectivity index (χ0n) is 15.6. The van der Waals surface area contributed by atoms with Crippen molar-refractivity contribution < 1.29 is 18.0 Å². The molecule has 0 aromatic heterocycles. The van der Waals surface area contributed by atoms with Gasteiger partial charge in [0.05, 0.1) is 17.5 Å². The number of benzene rings is 1.